The van der Waals surface area contributed by atoms with Gasteiger partial charge in [0.05, 0.1) is 43.7 Å². The van der Waals surface area contributed by atoms with Crippen LogP contribution in [0.4, 0.5) is 0 Å². The summed E-state index contributed by atoms with van der Waals surface area (Å²) in [6.45, 7) is 8.97. The van der Waals surface area contributed by atoms with Gasteiger partial charge in [-0.05, 0) is 32.0 Å². The molecule has 2 aromatic rings. The third-order valence-electron chi connectivity index (χ3n) is 5.31. The molecule has 1 aromatic heterocycles. The summed E-state index contributed by atoms with van der Waals surface area (Å²) in [7, 11) is 0. The van der Waals surface area contributed by atoms with Gasteiger partial charge in [0.15, 0.2) is 0 Å². The molecule has 0 saturated carbocycles. The summed E-state index contributed by atoms with van der Waals surface area (Å²) in [5, 5.41) is 0. The van der Waals surface area contributed by atoms with Crippen molar-refractivity contribution in [1.82, 2.24) is 19.8 Å². The van der Waals surface area contributed by atoms with Crippen LogP contribution in [-0.4, -0.2) is 83.3 Å². The van der Waals surface area contributed by atoms with Gasteiger partial charge in [0.1, 0.15) is 5.60 Å². The number of amides is 1. The molecule has 1 atom stereocenters. The number of morpholine rings is 1. The van der Waals surface area contributed by atoms with E-state index < -0.39 is 5.60 Å². The number of fused-ring (bicyclic) bond motifs is 1. The van der Waals surface area contributed by atoms with Gasteiger partial charge in [0, 0.05) is 31.2 Å². The lowest BCUT2D eigenvalue weighted by Crippen LogP contribution is -2.60. The maximum atomic E-state index is 13.1. The minimum Gasteiger partial charge on any atom is -0.377 e. The number of hydrogen-bond acceptors (Lipinski definition) is 5. The molecule has 7 nitrogen and oxygen atoms in total. The smallest absolute Gasteiger partial charge is 0.254 e. The van der Waals surface area contributed by atoms with Gasteiger partial charge >= 0.3 is 0 Å². The number of benzene rings is 1. The van der Waals surface area contributed by atoms with E-state index in [4.69, 9.17) is 9.47 Å². The fraction of sp³-hybridized carbons (Fsp3) is 0.579. The second-order valence-corrected chi connectivity index (χ2v) is 7.51. The number of aromatic amines is 1. The molecule has 0 bridgehead atoms. The van der Waals surface area contributed by atoms with Gasteiger partial charge in [-0.3, -0.25) is 9.69 Å². The first-order valence-electron chi connectivity index (χ1n) is 9.24. The molecule has 1 N–H and O–H groups in total. The van der Waals surface area contributed by atoms with E-state index in [1.165, 1.54) is 0 Å². The zero-order valence-corrected chi connectivity index (χ0v) is 15.4. The van der Waals surface area contributed by atoms with E-state index >= 15 is 0 Å². The molecule has 2 fully saturated rings. The van der Waals surface area contributed by atoms with Crippen molar-refractivity contribution in [2.24, 2.45) is 0 Å². The van der Waals surface area contributed by atoms with Crippen LogP contribution in [-0.2, 0) is 9.47 Å². The summed E-state index contributed by atoms with van der Waals surface area (Å²) in [6.07, 6.45) is 1.64. The van der Waals surface area contributed by atoms with Crippen molar-refractivity contribution in [3.8, 4) is 0 Å². The Morgan fingerprint density at radius 1 is 1.27 bits per heavy atom. The van der Waals surface area contributed by atoms with Crippen molar-refractivity contribution in [3.05, 3.63) is 30.1 Å². The first-order chi connectivity index (χ1) is 12.6. The highest BCUT2D eigenvalue weighted by Crippen LogP contribution is 2.25. The van der Waals surface area contributed by atoms with E-state index in [1.807, 2.05) is 23.1 Å². The predicted molar refractivity (Wildman–Crippen MR) is 98.2 cm³/mol. The number of carbonyl (C=O) groups is 1. The summed E-state index contributed by atoms with van der Waals surface area (Å²) in [4.78, 5) is 24.6. The zero-order valence-electron chi connectivity index (χ0n) is 15.4. The minimum absolute atomic E-state index is 0.0320. The Kier molecular flexibility index (Phi) is 4.69. The van der Waals surface area contributed by atoms with Crippen LogP contribution < -0.4 is 0 Å². The second kappa shape index (κ2) is 6.98. The number of aromatic nitrogens is 2. The van der Waals surface area contributed by atoms with E-state index in [2.05, 4.69) is 28.7 Å². The van der Waals surface area contributed by atoms with Crippen LogP contribution in [0.25, 0.3) is 11.0 Å². The van der Waals surface area contributed by atoms with E-state index in [0.29, 0.717) is 44.5 Å². The van der Waals surface area contributed by atoms with Gasteiger partial charge in [-0.25, -0.2) is 4.98 Å². The Hall–Kier alpha value is -1.96. The molecule has 0 radical (unpaired) electrons. The molecular formula is C19H26N4O3. The molecule has 26 heavy (non-hydrogen) atoms. The summed E-state index contributed by atoms with van der Waals surface area (Å²) in [5.74, 6) is 0.0320. The van der Waals surface area contributed by atoms with Gasteiger partial charge in [0.2, 0.25) is 0 Å². The van der Waals surface area contributed by atoms with Crippen LogP contribution >= 0.6 is 0 Å². The Morgan fingerprint density at radius 3 is 3.00 bits per heavy atom. The van der Waals surface area contributed by atoms with Crippen LogP contribution in [0.3, 0.4) is 0 Å². The summed E-state index contributed by atoms with van der Waals surface area (Å²) < 4.78 is 12.0. The van der Waals surface area contributed by atoms with Crippen molar-refractivity contribution >= 4 is 16.9 Å². The lowest BCUT2D eigenvalue weighted by atomic mass is 10.00. The van der Waals surface area contributed by atoms with Crippen molar-refractivity contribution in [1.29, 1.82) is 0 Å². The topological polar surface area (TPSA) is 70.7 Å². The van der Waals surface area contributed by atoms with E-state index in [9.17, 15) is 4.79 Å². The van der Waals surface area contributed by atoms with Crippen LogP contribution in [0, 0.1) is 0 Å². The molecule has 7 heteroatoms. The molecule has 1 unspecified atom stereocenters. The van der Waals surface area contributed by atoms with Crippen molar-refractivity contribution < 1.29 is 14.3 Å². The van der Waals surface area contributed by atoms with Gasteiger partial charge in [-0.15, -0.1) is 0 Å². The van der Waals surface area contributed by atoms with Crippen LogP contribution in [0.15, 0.2) is 24.5 Å². The molecule has 3 heterocycles. The Balaban J connectivity index is 1.54. The lowest BCUT2D eigenvalue weighted by Gasteiger charge is -2.44. The number of carbonyl (C=O) groups excluding carboxylic acids is 1. The van der Waals surface area contributed by atoms with Crippen molar-refractivity contribution in [3.63, 3.8) is 0 Å². The van der Waals surface area contributed by atoms with Gasteiger partial charge < -0.3 is 19.4 Å². The first-order valence-corrected chi connectivity index (χ1v) is 9.24. The molecule has 0 aliphatic carbocycles. The number of nitrogens with zero attached hydrogens (tertiary/aromatic N) is 3. The molecule has 140 valence electrons. The maximum Gasteiger partial charge on any atom is 0.254 e. The highest BCUT2D eigenvalue weighted by molar-refractivity contribution is 5.97. The normalized spacial score (nSPS) is 25.1. The fourth-order valence-corrected chi connectivity index (χ4v) is 3.83. The Morgan fingerprint density at radius 2 is 2.15 bits per heavy atom. The SMILES string of the molecule is CC(C)N1CCOCC2(CN(C(=O)c3ccc4nc[nH]c4c3)CCO2)C1. The number of H-pyrrole nitrogens is 1. The first kappa shape index (κ1) is 17.5. The highest BCUT2D eigenvalue weighted by Gasteiger charge is 2.42. The number of imidazole rings is 1. The molecule has 4 rings (SSSR count). The van der Waals surface area contributed by atoms with Gasteiger partial charge in [0.25, 0.3) is 5.91 Å². The number of nitrogens with one attached hydrogen (secondary N) is 1. The quantitative estimate of drug-likeness (QED) is 0.881. The Bertz CT molecular complexity index is 790. The minimum atomic E-state index is -0.452. The van der Waals surface area contributed by atoms with Gasteiger partial charge in [-0.2, -0.15) is 0 Å². The van der Waals surface area contributed by atoms with Crippen molar-refractivity contribution in [2.45, 2.75) is 25.5 Å². The largest absolute Gasteiger partial charge is 0.377 e. The molecule has 1 aromatic carbocycles. The number of hydrogen-bond donors (Lipinski definition) is 1. The molecule has 1 amide bonds. The van der Waals surface area contributed by atoms with Crippen LogP contribution in [0.2, 0.25) is 0 Å². The maximum absolute atomic E-state index is 13.1. The zero-order chi connectivity index (χ0) is 18.1. The standard InChI is InChI=1S/C19H26N4O3/c1-14(2)22-5-7-25-12-19(10-22)11-23(6-8-26-19)18(24)15-3-4-16-17(9-15)21-13-20-16/h3-4,9,13-14H,5-8,10-12H2,1-2H3,(H,20,21). The predicted octanol–water partition coefficient (Wildman–Crippen LogP) is 1.51. The lowest BCUT2D eigenvalue weighted by molar-refractivity contribution is -0.134. The molecule has 2 aliphatic rings. The van der Waals surface area contributed by atoms with Crippen molar-refractivity contribution in [2.75, 3.05) is 46.0 Å². The third kappa shape index (κ3) is 3.34. The highest BCUT2D eigenvalue weighted by atomic mass is 16.5. The van der Waals surface area contributed by atoms with Crippen LogP contribution in [0.1, 0.15) is 24.2 Å². The Labute approximate surface area is 153 Å². The summed E-state index contributed by atoms with van der Waals surface area (Å²) >= 11 is 0. The van der Waals surface area contributed by atoms with E-state index in [-0.39, 0.29) is 5.91 Å². The number of rotatable bonds is 2. The molecular weight excluding hydrogens is 332 g/mol. The monoisotopic (exact) mass is 358 g/mol. The summed E-state index contributed by atoms with van der Waals surface area (Å²) in [6, 6.07) is 6.02. The molecule has 2 aliphatic heterocycles. The van der Waals surface area contributed by atoms with Crippen LogP contribution in [0.5, 0.6) is 0 Å². The number of ether oxygens (including phenoxy) is 2. The average molecular weight is 358 g/mol. The molecule has 1 spiro atoms. The van der Waals surface area contributed by atoms with Gasteiger partial charge in [-0.1, -0.05) is 0 Å². The molecule has 2 saturated heterocycles. The summed E-state index contributed by atoms with van der Waals surface area (Å²) in [5.41, 5.74) is 1.97. The fourth-order valence-electron chi connectivity index (χ4n) is 3.83. The second-order valence-electron chi connectivity index (χ2n) is 7.51. The van der Waals surface area contributed by atoms with E-state index in [0.717, 1.165) is 24.1 Å². The third-order valence-corrected chi connectivity index (χ3v) is 5.31. The van der Waals surface area contributed by atoms with E-state index in [1.54, 1.807) is 6.33 Å². The average Bonchev–Trinajstić information content (AvgIpc) is 3.02.